The highest BCUT2D eigenvalue weighted by atomic mass is 32.2. The predicted octanol–water partition coefficient (Wildman–Crippen LogP) is 1.28. The largest absolute Gasteiger partial charge is 0.399 e. The summed E-state index contributed by atoms with van der Waals surface area (Å²) in [5, 5.41) is 9.39. The van der Waals surface area contributed by atoms with Gasteiger partial charge in [-0.3, -0.25) is 0 Å². The number of sulfonamides is 1. The first kappa shape index (κ1) is 14.5. The Kier molecular flexibility index (Phi) is 4.39. The predicted molar refractivity (Wildman–Crippen MR) is 77.4 cm³/mol. The highest BCUT2D eigenvalue weighted by Gasteiger charge is 2.20. The molecule has 0 saturated heterocycles. The van der Waals surface area contributed by atoms with Crippen LogP contribution in [0.3, 0.4) is 0 Å². The van der Waals surface area contributed by atoms with Crippen LogP contribution in [0.5, 0.6) is 0 Å². The van der Waals surface area contributed by atoms with Crippen molar-refractivity contribution in [3.63, 3.8) is 0 Å². The van der Waals surface area contributed by atoms with Crippen LogP contribution in [-0.2, 0) is 10.0 Å². The maximum Gasteiger partial charge on any atom is 0.241 e. The molecule has 0 unspecified atom stereocenters. The third-order valence-electron chi connectivity index (χ3n) is 2.85. The molecule has 0 radical (unpaired) electrons. The van der Waals surface area contributed by atoms with E-state index in [2.05, 4.69) is 4.72 Å². The van der Waals surface area contributed by atoms with Crippen LogP contribution in [-0.4, -0.2) is 20.1 Å². The fourth-order valence-electron chi connectivity index (χ4n) is 1.83. The number of benzene rings is 2. The summed E-state index contributed by atoms with van der Waals surface area (Å²) in [5.41, 5.74) is 6.65. The van der Waals surface area contributed by atoms with Crippen LogP contribution in [0.15, 0.2) is 59.5 Å². The molecule has 0 aliphatic rings. The van der Waals surface area contributed by atoms with Gasteiger partial charge in [-0.1, -0.05) is 36.4 Å². The second kappa shape index (κ2) is 6.04. The van der Waals surface area contributed by atoms with Crippen LogP contribution in [0.1, 0.15) is 11.6 Å². The van der Waals surface area contributed by atoms with Crippen LogP contribution in [0.4, 0.5) is 5.69 Å². The van der Waals surface area contributed by atoms with Gasteiger partial charge in [-0.05, 0) is 23.8 Å². The number of aliphatic hydroxyl groups excluding tert-OH is 1. The van der Waals surface area contributed by atoms with Crippen LogP contribution in [0.25, 0.3) is 0 Å². The Balaban J connectivity index is 2.27. The zero-order valence-corrected chi connectivity index (χ0v) is 11.5. The molecule has 20 heavy (non-hydrogen) atoms. The van der Waals surface area contributed by atoms with Crippen molar-refractivity contribution in [1.82, 2.24) is 4.72 Å². The van der Waals surface area contributed by atoms with Crippen LogP contribution in [0, 0.1) is 0 Å². The molecule has 6 heteroatoms. The van der Waals surface area contributed by atoms with E-state index in [0.717, 1.165) is 0 Å². The smallest absolute Gasteiger partial charge is 0.241 e. The van der Waals surface area contributed by atoms with Gasteiger partial charge in [0, 0.05) is 5.69 Å². The zero-order valence-electron chi connectivity index (χ0n) is 10.7. The minimum Gasteiger partial charge on any atom is -0.399 e. The Hall–Kier alpha value is -1.89. The summed E-state index contributed by atoms with van der Waals surface area (Å²) in [7, 11) is -3.73. The van der Waals surface area contributed by atoms with Crippen molar-refractivity contribution in [2.75, 3.05) is 12.3 Å². The molecule has 0 aliphatic carbocycles. The van der Waals surface area contributed by atoms with Crippen molar-refractivity contribution in [2.24, 2.45) is 0 Å². The normalized spacial score (nSPS) is 13.1. The number of nitrogen functional groups attached to an aromatic ring is 1. The molecule has 106 valence electrons. The number of hydrogen-bond donors (Lipinski definition) is 3. The monoisotopic (exact) mass is 292 g/mol. The van der Waals surface area contributed by atoms with Gasteiger partial charge in [0.05, 0.1) is 17.5 Å². The molecule has 5 nitrogen and oxygen atoms in total. The van der Waals surface area contributed by atoms with E-state index in [-0.39, 0.29) is 11.5 Å². The molecular weight excluding hydrogens is 276 g/mol. The van der Waals surface area contributed by atoms with Crippen molar-refractivity contribution in [3.8, 4) is 0 Å². The Labute approximate surface area is 118 Å². The number of nitrogens with one attached hydrogen (secondary N) is 1. The minimum absolute atomic E-state index is 0.0758. The maximum atomic E-state index is 12.2. The summed E-state index contributed by atoms with van der Waals surface area (Å²) in [5.74, 6) is 0. The van der Waals surface area contributed by atoms with Gasteiger partial charge in [0.25, 0.3) is 0 Å². The molecule has 0 bridgehead atoms. The average Bonchev–Trinajstić information content (AvgIpc) is 2.46. The number of nitrogens with two attached hydrogens (primary N) is 1. The van der Waals surface area contributed by atoms with Gasteiger partial charge in [-0.25, -0.2) is 13.1 Å². The molecule has 0 aromatic heterocycles. The highest BCUT2D eigenvalue weighted by Crippen LogP contribution is 2.18. The number of hydrogen-bond acceptors (Lipinski definition) is 4. The molecule has 2 rings (SSSR count). The number of aliphatic hydroxyl groups is 1. The fourth-order valence-corrected chi connectivity index (χ4v) is 3.10. The van der Waals surface area contributed by atoms with E-state index in [4.69, 9.17) is 5.73 Å². The number of anilines is 1. The van der Waals surface area contributed by atoms with E-state index in [0.29, 0.717) is 11.3 Å². The van der Waals surface area contributed by atoms with Gasteiger partial charge >= 0.3 is 0 Å². The zero-order chi connectivity index (χ0) is 14.6. The Morgan fingerprint density at radius 1 is 1.10 bits per heavy atom. The molecule has 0 spiro atoms. The first-order chi connectivity index (χ1) is 9.53. The lowest BCUT2D eigenvalue weighted by Gasteiger charge is -2.17. The molecule has 2 aromatic carbocycles. The Morgan fingerprint density at radius 2 is 1.80 bits per heavy atom. The van der Waals surface area contributed by atoms with E-state index in [9.17, 15) is 13.5 Å². The fraction of sp³-hybridized carbons (Fsp3) is 0.143. The van der Waals surface area contributed by atoms with Gasteiger partial charge < -0.3 is 10.8 Å². The summed E-state index contributed by atoms with van der Waals surface area (Å²) in [4.78, 5) is 0.0758. The Bertz CT molecular complexity index is 672. The van der Waals surface area contributed by atoms with E-state index in [1.54, 1.807) is 36.4 Å². The summed E-state index contributed by atoms with van der Waals surface area (Å²) < 4.78 is 27.0. The Morgan fingerprint density at radius 3 is 2.40 bits per heavy atom. The van der Waals surface area contributed by atoms with Crippen molar-refractivity contribution in [1.29, 1.82) is 0 Å². The standard InChI is InChI=1S/C14H16N2O3S/c15-12-7-4-8-13(9-12)20(18,19)16-14(10-17)11-5-2-1-3-6-11/h1-9,14,16-17H,10,15H2/t14-/m1/s1. The highest BCUT2D eigenvalue weighted by molar-refractivity contribution is 7.89. The summed E-state index contributed by atoms with van der Waals surface area (Å²) in [6.45, 7) is -0.328. The minimum atomic E-state index is -3.73. The molecule has 0 heterocycles. The van der Waals surface area contributed by atoms with Gasteiger partial charge in [-0.2, -0.15) is 0 Å². The summed E-state index contributed by atoms with van der Waals surface area (Å²) in [6, 6.07) is 14.2. The average molecular weight is 292 g/mol. The molecule has 0 saturated carbocycles. The van der Waals surface area contributed by atoms with Crippen LogP contribution < -0.4 is 10.5 Å². The molecule has 4 N–H and O–H groups in total. The van der Waals surface area contributed by atoms with E-state index >= 15 is 0 Å². The first-order valence-electron chi connectivity index (χ1n) is 6.06. The van der Waals surface area contributed by atoms with Crippen molar-refractivity contribution in [3.05, 3.63) is 60.2 Å². The van der Waals surface area contributed by atoms with Crippen molar-refractivity contribution >= 4 is 15.7 Å². The lowest BCUT2D eigenvalue weighted by molar-refractivity contribution is 0.259. The third-order valence-corrected chi connectivity index (χ3v) is 4.32. The second-order valence-corrected chi connectivity index (χ2v) is 6.05. The summed E-state index contributed by atoms with van der Waals surface area (Å²) >= 11 is 0. The van der Waals surface area contributed by atoms with E-state index < -0.39 is 16.1 Å². The van der Waals surface area contributed by atoms with Gasteiger partial charge in [0.2, 0.25) is 10.0 Å². The van der Waals surface area contributed by atoms with Gasteiger partial charge in [-0.15, -0.1) is 0 Å². The van der Waals surface area contributed by atoms with Crippen molar-refractivity contribution in [2.45, 2.75) is 10.9 Å². The van der Waals surface area contributed by atoms with E-state index in [1.165, 1.54) is 12.1 Å². The maximum absolute atomic E-state index is 12.2. The quantitative estimate of drug-likeness (QED) is 0.724. The summed E-state index contributed by atoms with van der Waals surface area (Å²) in [6.07, 6.45) is 0. The SMILES string of the molecule is Nc1cccc(S(=O)(=O)N[C@H](CO)c2ccccc2)c1. The topological polar surface area (TPSA) is 92.4 Å². The van der Waals surface area contributed by atoms with E-state index in [1.807, 2.05) is 6.07 Å². The molecule has 0 fully saturated rings. The van der Waals surface area contributed by atoms with Gasteiger partial charge in [0.1, 0.15) is 0 Å². The third kappa shape index (κ3) is 3.36. The van der Waals surface area contributed by atoms with Crippen LogP contribution in [0.2, 0.25) is 0 Å². The van der Waals surface area contributed by atoms with Crippen LogP contribution >= 0.6 is 0 Å². The first-order valence-corrected chi connectivity index (χ1v) is 7.55. The lowest BCUT2D eigenvalue weighted by Crippen LogP contribution is -2.30. The second-order valence-electron chi connectivity index (χ2n) is 4.34. The van der Waals surface area contributed by atoms with Gasteiger partial charge in [0.15, 0.2) is 0 Å². The molecule has 0 amide bonds. The number of rotatable bonds is 5. The molecule has 1 atom stereocenters. The molecular formula is C14H16N2O3S. The molecule has 2 aromatic rings. The molecule has 0 aliphatic heterocycles. The van der Waals surface area contributed by atoms with Crippen molar-refractivity contribution < 1.29 is 13.5 Å². The lowest BCUT2D eigenvalue weighted by atomic mass is 10.1.